The number of nitrogens with two attached hydrogens (primary N) is 1. The number of nitro groups is 1. The number of aryl methyl sites for hydroxylation is 1. The number of likely N-dealkylation sites (N-methyl/N-ethyl adjacent to an activating group) is 1. The molecule has 5 N–H and O–H groups in total. The number of fused-ring (bicyclic) bond motifs is 8. The Morgan fingerprint density at radius 1 is 0.393 bits per heavy atom. The molecule has 0 radical (unpaired) electrons. The quantitative estimate of drug-likeness (QED) is 0.0325. The molecule has 6 aliphatic heterocycles. The lowest BCUT2D eigenvalue weighted by Gasteiger charge is -2.25. The third kappa shape index (κ3) is 16.5. The SMILES string of the molecule is CCN1C(=N)c2ccccc2C1=N.CCN1C(=O)C=CC1=O.CCN1C(=O)CCC1=O.CCN1C(=O)c2ccc([N+](=O)[O-])cc2C1=O.CCN1C(=O)c2cccc3cccc(c23)C1=O.CCN1C(=O)c2ccccc2C1=O.CCn1c2ccccc2c2ccccc21.Nc1c(Oc2ccccc2)cc(O)c2c1C(=O)c1ccccc1C2=O. The smallest absolute Gasteiger partial charge is 0.270 e. The molecule has 18 rings (SSSR count). The van der Waals surface area contributed by atoms with Gasteiger partial charge in [-0.05, 0) is 108 Å². The van der Waals surface area contributed by atoms with E-state index in [2.05, 4.69) is 60.0 Å². The molecule has 7 aliphatic rings. The zero-order valence-corrected chi connectivity index (χ0v) is 65.0. The summed E-state index contributed by atoms with van der Waals surface area (Å²) in [5.41, 5.74) is 13.4. The first-order valence-corrected chi connectivity index (χ1v) is 37.7. The molecule has 1 saturated heterocycles. The molecule has 1 fully saturated rings. The van der Waals surface area contributed by atoms with Crippen molar-refractivity contribution >= 4 is 126 Å². The Kier molecular flexibility index (Phi) is 25.7. The van der Waals surface area contributed by atoms with Gasteiger partial charge in [0.25, 0.3) is 52.9 Å². The largest absolute Gasteiger partial charge is 0.507 e. The van der Waals surface area contributed by atoms with Crippen LogP contribution in [0.4, 0.5) is 11.4 Å². The highest BCUT2D eigenvalue weighted by molar-refractivity contribution is 6.32. The van der Waals surface area contributed by atoms with Gasteiger partial charge in [-0.3, -0.25) is 103 Å². The Morgan fingerprint density at radius 3 is 1.19 bits per heavy atom. The van der Waals surface area contributed by atoms with Gasteiger partial charge in [0, 0.05) is 150 Å². The molecule has 1 aliphatic carbocycles. The van der Waals surface area contributed by atoms with E-state index >= 15 is 0 Å². The highest BCUT2D eigenvalue weighted by atomic mass is 16.6. The van der Waals surface area contributed by atoms with Gasteiger partial charge < -0.3 is 25.0 Å². The summed E-state index contributed by atoms with van der Waals surface area (Å²) in [6, 6.07) is 63.1. The average molecular weight is 1570 g/mol. The summed E-state index contributed by atoms with van der Waals surface area (Å²) in [5, 5.41) is 40.9. The normalized spacial score (nSPS) is 14.4. The van der Waals surface area contributed by atoms with Crippen molar-refractivity contribution in [1.29, 1.82) is 10.8 Å². The van der Waals surface area contributed by atoms with Gasteiger partial charge in [0.15, 0.2) is 17.3 Å². The van der Waals surface area contributed by atoms with E-state index in [1.54, 1.807) is 118 Å². The van der Waals surface area contributed by atoms with Crippen molar-refractivity contribution in [3.8, 4) is 17.2 Å². The minimum atomic E-state index is -0.591. The van der Waals surface area contributed by atoms with Gasteiger partial charge in [0.2, 0.25) is 11.8 Å². The van der Waals surface area contributed by atoms with Crippen molar-refractivity contribution in [2.75, 3.05) is 45.0 Å². The van der Waals surface area contributed by atoms with Crippen LogP contribution in [-0.2, 0) is 25.7 Å². The number of phenols is 1. The maximum Gasteiger partial charge on any atom is 0.270 e. The van der Waals surface area contributed by atoms with Crippen LogP contribution in [0.25, 0.3) is 32.6 Å². The van der Waals surface area contributed by atoms with Crippen molar-refractivity contribution in [3.63, 3.8) is 0 Å². The number of amidine groups is 2. The van der Waals surface area contributed by atoms with E-state index in [9.17, 15) is 72.8 Å². The molecule has 117 heavy (non-hydrogen) atoms. The van der Waals surface area contributed by atoms with Crippen molar-refractivity contribution in [2.45, 2.75) is 67.9 Å². The van der Waals surface area contributed by atoms with Gasteiger partial charge in [-0.15, -0.1) is 0 Å². The van der Waals surface area contributed by atoms with Crippen LogP contribution in [-0.4, -0.2) is 166 Å². The summed E-state index contributed by atoms with van der Waals surface area (Å²) in [7, 11) is 0. The fourth-order valence-electron chi connectivity index (χ4n) is 14.2. The number of imide groups is 5. The van der Waals surface area contributed by atoms with E-state index in [-0.39, 0.29) is 110 Å². The number of hydrogen-bond acceptors (Lipinski definition) is 19. The minimum absolute atomic E-state index is 0.0189. The number of carbonyl (C=O) groups excluding carboxylic acids is 12. The number of ether oxygens (including phenoxy) is 1. The molecule has 10 amide bonds. The maximum atomic E-state index is 12.8. The zero-order valence-electron chi connectivity index (χ0n) is 65.0. The van der Waals surface area contributed by atoms with Crippen molar-refractivity contribution in [1.82, 2.24) is 34.0 Å². The van der Waals surface area contributed by atoms with Gasteiger partial charge in [0.05, 0.1) is 44.0 Å². The molecule has 592 valence electrons. The van der Waals surface area contributed by atoms with E-state index in [0.29, 0.717) is 85.2 Å². The minimum Gasteiger partial charge on any atom is -0.507 e. The number of aromatic nitrogens is 1. The number of nitrogens with zero attached hydrogens (tertiary/aromatic N) is 8. The van der Waals surface area contributed by atoms with Crippen LogP contribution in [0, 0.1) is 20.9 Å². The molecule has 1 aromatic heterocycles. The molecule has 11 aromatic rings. The second-order valence-corrected chi connectivity index (χ2v) is 26.5. The number of nitrogen functional groups attached to an aromatic ring is 1. The van der Waals surface area contributed by atoms with Gasteiger partial charge in [-0.2, -0.15) is 0 Å². The first kappa shape index (κ1) is 82.9. The standard InChI is InChI=1S/C20H13NO4.C14H11NO2.C14H13N.C10H11N3.C10H8N2O4.C10H9NO2.C6H9NO2.C6H7NO2/c21-18-15(25-11-6-2-1-3-7-11)10-14(22)16-17(18)20(24)13-9-5-4-8-12(13)19(16)23;1-2-15-13(16)10-7-3-5-9-6-4-8-11(12(9)10)14(15)17;1-2-15-13-9-5-3-7-11(13)12-8-4-6-10-14(12)15;1-2-13-9(11)7-5-3-4-6-8(7)10(13)12;1-2-11-9(13)7-4-3-6(12(15)16)5-8(7)10(11)14;1-2-11-9(12)7-5-3-4-6-8(7)10(11)13;2*1-2-7-5(8)3-4-6(7)9/h1-10,22H,21H2;3-8H,2H2,1H3;3-10H,2H2,1H3;3-6,11-12H,2H2,1H3;3-5H,2H2,1H3;3-6H,2H2,1H3;2-4H2,1H3;3-4H,2H2,1H3. The molecular weight excluding hydrogens is 1490 g/mol. The Labute approximate surface area is 671 Å². The average Bonchev–Trinajstić information content (AvgIpc) is 1.58. The predicted molar refractivity (Wildman–Crippen MR) is 440 cm³/mol. The summed E-state index contributed by atoms with van der Waals surface area (Å²) in [6.45, 7) is 16.8. The number of benzene rings is 10. The number of non-ortho nitro benzene ring substituents is 1. The van der Waals surface area contributed by atoms with Crippen molar-refractivity contribution in [3.05, 3.63) is 301 Å². The number of amides is 10. The van der Waals surface area contributed by atoms with Gasteiger partial charge in [-0.1, -0.05) is 140 Å². The first-order chi connectivity index (χ1) is 56.3. The van der Waals surface area contributed by atoms with Crippen LogP contribution in [0.3, 0.4) is 0 Å². The molecule has 0 spiro atoms. The number of para-hydroxylation sites is 3. The first-order valence-electron chi connectivity index (χ1n) is 37.7. The topological polar surface area (TPSA) is 376 Å². The van der Waals surface area contributed by atoms with Crippen LogP contribution < -0.4 is 10.5 Å². The van der Waals surface area contributed by atoms with E-state index in [1.807, 2.05) is 68.4 Å². The van der Waals surface area contributed by atoms with E-state index in [1.165, 1.54) is 71.8 Å². The van der Waals surface area contributed by atoms with Crippen LogP contribution in [0.1, 0.15) is 166 Å². The number of rotatable bonds is 10. The van der Waals surface area contributed by atoms with Gasteiger partial charge in [-0.25, -0.2) is 0 Å². The van der Waals surface area contributed by atoms with Crippen LogP contribution in [0.2, 0.25) is 0 Å². The molecule has 7 heterocycles. The second-order valence-electron chi connectivity index (χ2n) is 26.5. The fraction of sp³-hybridized carbons (Fsp3) is 0.178. The third-order valence-electron chi connectivity index (χ3n) is 20.0. The summed E-state index contributed by atoms with van der Waals surface area (Å²) in [5.74, 6) is -1.70. The molecule has 27 nitrogen and oxygen atoms in total. The Balaban J connectivity index is 0.000000134. The lowest BCUT2D eigenvalue weighted by Crippen LogP contribution is -2.39. The van der Waals surface area contributed by atoms with Crippen LogP contribution in [0.5, 0.6) is 17.2 Å². The summed E-state index contributed by atoms with van der Waals surface area (Å²) in [4.78, 5) is 157. The van der Waals surface area contributed by atoms with Gasteiger partial charge in [0.1, 0.15) is 23.2 Å². The van der Waals surface area contributed by atoms with Crippen molar-refractivity contribution < 1.29 is 72.3 Å². The third-order valence-corrected chi connectivity index (χ3v) is 20.0. The van der Waals surface area contributed by atoms with Crippen LogP contribution in [0.15, 0.2) is 224 Å². The number of carbonyl (C=O) groups is 12. The monoisotopic (exact) mass is 1570 g/mol. The molecule has 27 heteroatoms. The highest BCUT2D eigenvalue weighted by Crippen LogP contribution is 2.43. The number of hydrogen-bond donors (Lipinski definition) is 4. The number of likely N-dealkylation sites (tertiary alicyclic amines) is 1. The fourth-order valence-corrected chi connectivity index (χ4v) is 14.2. The van der Waals surface area contributed by atoms with E-state index in [4.69, 9.17) is 21.3 Å². The maximum absolute atomic E-state index is 12.8. The summed E-state index contributed by atoms with van der Waals surface area (Å²) >= 11 is 0. The number of nitro benzene ring substituents is 1. The molecule has 0 bridgehead atoms. The van der Waals surface area contributed by atoms with E-state index in [0.717, 1.165) is 39.4 Å². The lowest BCUT2D eigenvalue weighted by molar-refractivity contribution is -0.384. The van der Waals surface area contributed by atoms with E-state index < -0.39 is 28.3 Å². The second kappa shape index (κ2) is 36.2. The lowest BCUT2D eigenvalue weighted by atomic mass is 9.82. The molecule has 0 saturated carbocycles. The molecule has 0 unspecified atom stereocenters. The summed E-state index contributed by atoms with van der Waals surface area (Å²) < 4.78 is 8.04. The number of anilines is 1. The van der Waals surface area contributed by atoms with Crippen molar-refractivity contribution in [2.24, 2.45) is 0 Å². The molecule has 0 atom stereocenters. The Hall–Kier alpha value is -15.0. The van der Waals surface area contributed by atoms with Crippen LogP contribution >= 0.6 is 0 Å². The molecule has 10 aromatic carbocycles. The predicted octanol–water partition coefficient (Wildman–Crippen LogP) is 14.1. The Morgan fingerprint density at radius 2 is 0.769 bits per heavy atom. The number of nitrogens with one attached hydrogen (secondary N) is 2. The number of ketones is 2. The zero-order chi connectivity index (χ0) is 84.2. The number of aromatic hydroxyl groups is 1. The Bertz CT molecular complexity index is 5680. The summed E-state index contributed by atoms with van der Waals surface area (Å²) in [6.07, 6.45) is 3.39. The molecular formula is C90H81N11O16. The van der Waals surface area contributed by atoms with Gasteiger partial charge >= 0.3 is 0 Å². The highest BCUT2D eigenvalue weighted by Gasteiger charge is 2.39. The number of phenolic OH excluding ortho intramolecular Hbond substituents is 1.